The Labute approximate surface area is 91.2 Å². The highest BCUT2D eigenvalue weighted by atomic mass is 32.2. The van der Waals surface area contributed by atoms with Gasteiger partial charge >= 0.3 is 0 Å². The Balaban J connectivity index is 2.21. The second-order valence-electron chi connectivity index (χ2n) is 2.82. The van der Waals surface area contributed by atoms with Crippen molar-refractivity contribution in [1.29, 1.82) is 0 Å². The summed E-state index contributed by atoms with van der Waals surface area (Å²) in [7, 11) is 3.69. The third kappa shape index (κ3) is 2.24. The van der Waals surface area contributed by atoms with Crippen molar-refractivity contribution in [3.05, 3.63) is 18.7 Å². The van der Waals surface area contributed by atoms with Crippen molar-refractivity contribution in [3.63, 3.8) is 0 Å². The molecule has 0 radical (unpaired) electrons. The van der Waals surface area contributed by atoms with Crippen LogP contribution >= 0.6 is 11.8 Å². The molecule has 6 nitrogen and oxygen atoms in total. The molecule has 0 fully saturated rings. The lowest BCUT2D eigenvalue weighted by Gasteiger charge is -2.01. The monoisotopic (exact) mass is 222 g/mol. The Morgan fingerprint density at radius 2 is 2.27 bits per heavy atom. The summed E-state index contributed by atoms with van der Waals surface area (Å²) in [6, 6.07) is 0. The average Bonchev–Trinajstić information content (AvgIpc) is 2.65. The molecule has 0 saturated heterocycles. The van der Waals surface area contributed by atoms with Gasteiger partial charge in [0.05, 0.1) is 12.4 Å². The number of rotatable bonds is 3. The van der Waals surface area contributed by atoms with Crippen LogP contribution in [-0.2, 0) is 7.05 Å². The number of hydrogen-bond acceptors (Lipinski definition) is 6. The van der Waals surface area contributed by atoms with Gasteiger partial charge in [0.1, 0.15) is 17.2 Å². The summed E-state index contributed by atoms with van der Waals surface area (Å²) in [6.07, 6.45) is 5.01. The minimum atomic E-state index is 0.738. The Morgan fingerprint density at radius 3 is 2.93 bits per heavy atom. The molecule has 1 N–H and O–H groups in total. The molecular formula is C8H10N6S. The topological polar surface area (TPSA) is 68.5 Å². The minimum absolute atomic E-state index is 0.738. The molecule has 0 aliphatic carbocycles. The minimum Gasteiger partial charge on any atom is -0.372 e. The van der Waals surface area contributed by atoms with Gasteiger partial charge in [-0.1, -0.05) is 0 Å². The number of nitrogens with one attached hydrogen (secondary N) is 1. The lowest BCUT2D eigenvalue weighted by Crippen LogP contribution is -1.95. The predicted octanol–water partition coefficient (Wildman–Crippen LogP) is 0.798. The predicted molar refractivity (Wildman–Crippen MR) is 56.7 cm³/mol. The van der Waals surface area contributed by atoms with Gasteiger partial charge in [0.2, 0.25) is 0 Å². The summed E-state index contributed by atoms with van der Waals surface area (Å²) in [4.78, 5) is 8.38. The third-order valence-corrected chi connectivity index (χ3v) is 2.69. The molecular weight excluding hydrogens is 212 g/mol. The highest BCUT2D eigenvalue weighted by Crippen LogP contribution is 2.23. The van der Waals surface area contributed by atoms with Crippen LogP contribution in [0.15, 0.2) is 28.9 Å². The molecule has 2 aromatic rings. The van der Waals surface area contributed by atoms with E-state index in [1.165, 1.54) is 11.8 Å². The zero-order valence-electron chi connectivity index (χ0n) is 8.38. The molecule has 2 heterocycles. The molecule has 0 spiro atoms. The van der Waals surface area contributed by atoms with E-state index in [4.69, 9.17) is 0 Å². The van der Waals surface area contributed by atoms with Gasteiger partial charge in [-0.15, -0.1) is 10.2 Å². The van der Waals surface area contributed by atoms with E-state index >= 15 is 0 Å². The van der Waals surface area contributed by atoms with Gasteiger partial charge < -0.3 is 9.88 Å². The quantitative estimate of drug-likeness (QED) is 0.828. The standard InChI is InChI=1S/C8H10N6S/c1-9-6-3-10-4-7(12-6)15-8-13-11-5-14(8)2/h3-5H,1-2H3,(H,9,12). The fourth-order valence-electron chi connectivity index (χ4n) is 0.976. The number of aryl methyl sites for hydroxylation is 1. The zero-order chi connectivity index (χ0) is 10.7. The van der Waals surface area contributed by atoms with Gasteiger partial charge in [-0.25, -0.2) is 4.98 Å². The zero-order valence-corrected chi connectivity index (χ0v) is 9.19. The second-order valence-corrected chi connectivity index (χ2v) is 3.81. The summed E-state index contributed by atoms with van der Waals surface area (Å²) in [5, 5.41) is 12.3. The van der Waals surface area contributed by atoms with Gasteiger partial charge in [0, 0.05) is 14.1 Å². The van der Waals surface area contributed by atoms with Gasteiger partial charge in [0.25, 0.3) is 0 Å². The first-order valence-corrected chi connectivity index (χ1v) is 5.13. The molecule has 0 unspecified atom stereocenters. The molecule has 2 aromatic heterocycles. The molecule has 7 heteroatoms. The molecule has 0 aliphatic rings. The first-order valence-electron chi connectivity index (χ1n) is 4.31. The first kappa shape index (κ1) is 9.91. The van der Waals surface area contributed by atoms with Crippen molar-refractivity contribution in [2.24, 2.45) is 7.05 Å². The van der Waals surface area contributed by atoms with Crippen molar-refractivity contribution in [1.82, 2.24) is 24.7 Å². The van der Waals surface area contributed by atoms with Gasteiger partial charge in [-0.2, -0.15) is 0 Å². The molecule has 0 saturated carbocycles. The van der Waals surface area contributed by atoms with Crippen LogP contribution in [0.1, 0.15) is 0 Å². The van der Waals surface area contributed by atoms with Gasteiger partial charge in [-0.3, -0.25) is 4.98 Å². The van der Waals surface area contributed by atoms with Crippen LogP contribution in [0.5, 0.6) is 0 Å². The van der Waals surface area contributed by atoms with Crippen LogP contribution in [-0.4, -0.2) is 31.8 Å². The molecule has 0 atom stereocenters. The van der Waals surface area contributed by atoms with Crippen LogP contribution in [0.3, 0.4) is 0 Å². The molecule has 0 aliphatic heterocycles. The van der Waals surface area contributed by atoms with Crippen molar-refractivity contribution in [2.45, 2.75) is 10.2 Å². The molecule has 15 heavy (non-hydrogen) atoms. The van der Waals surface area contributed by atoms with Gasteiger partial charge in [-0.05, 0) is 11.8 Å². The molecule has 0 amide bonds. The van der Waals surface area contributed by atoms with Crippen LogP contribution in [0.2, 0.25) is 0 Å². The van der Waals surface area contributed by atoms with Crippen molar-refractivity contribution < 1.29 is 0 Å². The third-order valence-electron chi connectivity index (χ3n) is 1.73. The van der Waals surface area contributed by atoms with E-state index in [9.17, 15) is 0 Å². The summed E-state index contributed by atoms with van der Waals surface area (Å²) < 4.78 is 1.83. The summed E-state index contributed by atoms with van der Waals surface area (Å²) in [5.41, 5.74) is 0. The maximum atomic E-state index is 4.32. The molecule has 0 bridgehead atoms. The van der Waals surface area contributed by atoms with E-state index in [2.05, 4.69) is 25.5 Å². The lowest BCUT2D eigenvalue weighted by atomic mass is 10.7. The SMILES string of the molecule is CNc1cncc(Sc2nncn2C)n1. The maximum Gasteiger partial charge on any atom is 0.197 e. The Kier molecular flexibility index (Phi) is 2.82. The van der Waals surface area contributed by atoms with E-state index in [0.717, 1.165) is 16.0 Å². The molecule has 0 aromatic carbocycles. The van der Waals surface area contributed by atoms with Crippen molar-refractivity contribution in [2.75, 3.05) is 12.4 Å². The highest BCUT2D eigenvalue weighted by Gasteiger charge is 2.05. The molecule has 78 valence electrons. The van der Waals surface area contributed by atoms with E-state index in [1.54, 1.807) is 25.8 Å². The number of aromatic nitrogens is 5. The van der Waals surface area contributed by atoms with Crippen LogP contribution in [0.25, 0.3) is 0 Å². The van der Waals surface area contributed by atoms with Crippen molar-refractivity contribution in [3.8, 4) is 0 Å². The van der Waals surface area contributed by atoms with Crippen LogP contribution < -0.4 is 5.32 Å². The number of nitrogens with zero attached hydrogens (tertiary/aromatic N) is 5. The highest BCUT2D eigenvalue weighted by molar-refractivity contribution is 7.99. The molecule has 2 rings (SSSR count). The largest absolute Gasteiger partial charge is 0.372 e. The van der Waals surface area contributed by atoms with E-state index in [0.29, 0.717) is 0 Å². The Hall–Kier alpha value is -1.63. The number of anilines is 1. The second kappa shape index (κ2) is 4.26. The van der Waals surface area contributed by atoms with Crippen LogP contribution in [0.4, 0.5) is 5.82 Å². The lowest BCUT2D eigenvalue weighted by molar-refractivity contribution is 0.786. The summed E-state index contributed by atoms with van der Waals surface area (Å²) in [5.74, 6) is 0.738. The maximum absolute atomic E-state index is 4.32. The fraction of sp³-hybridized carbons (Fsp3) is 0.250. The summed E-state index contributed by atoms with van der Waals surface area (Å²) in [6.45, 7) is 0. The van der Waals surface area contributed by atoms with E-state index < -0.39 is 0 Å². The fourth-order valence-corrected chi connectivity index (χ4v) is 1.70. The normalized spacial score (nSPS) is 10.3. The van der Waals surface area contributed by atoms with Crippen molar-refractivity contribution >= 4 is 17.6 Å². The Bertz CT molecular complexity index is 454. The smallest absolute Gasteiger partial charge is 0.197 e. The average molecular weight is 222 g/mol. The van der Waals surface area contributed by atoms with E-state index in [1.807, 2.05) is 11.6 Å². The number of hydrogen-bond donors (Lipinski definition) is 1. The van der Waals surface area contributed by atoms with Crippen LogP contribution in [0, 0.1) is 0 Å². The van der Waals surface area contributed by atoms with Gasteiger partial charge in [0.15, 0.2) is 5.16 Å². The summed E-state index contributed by atoms with van der Waals surface area (Å²) >= 11 is 1.43. The Morgan fingerprint density at radius 1 is 1.40 bits per heavy atom. The first-order chi connectivity index (χ1) is 7.29. The van der Waals surface area contributed by atoms with E-state index in [-0.39, 0.29) is 0 Å².